The molecule has 2 heterocycles. The summed E-state index contributed by atoms with van der Waals surface area (Å²) in [5, 5.41) is 10.3. The van der Waals surface area contributed by atoms with Crippen LogP contribution in [0.1, 0.15) is 0 Å². The average Bonchev–Trinajstić information content (AvgIpc) is 2.77. The summed E-state index contributed by atoms with van der Waals surface area (Å²) >= 11 is 0. The van der Waals surface area contributed by atoms with Gasteiger partial charge in [-0.3, -0.25) is 5.43 Å². The molecule has 7 nitrogen and oxygen atoms in total. The number of furan rings is 1. The molecule has 2 rings (SSSR count). The molecular formula is C10H9N3O4. The van der Waals surface area contributed by atoms with Gasteiger partial charge in [0.15, 0.2) is 0 Å². The molecule has 0 saturated heterocycles. The summed E-state index contributed by atoms with van der Waals surface area (Å²) in [5.41, 5.74) is 3.51. The fraction of sp³-hybridized carbons (Fsp3) is 0.100. The molecule has 0 atom stereocenters. The molecule has 0 spiro atoms. The Labute approximate surface area is 95.6 Å². The maximum Gasteiger partial charge on any atom is 0.426 e. The van der Waals surface area contributed by atoms with Crippen LogP contribution >= 0.6 is 0 Å². The number of rotatable bonds is 4. The average molecular weight is 235 g/mol. The highest BCUT2D eigenvalue weighted by atomic mass is 16.4. The van der Waals surface area contributed by atoms with E-state index in [4.69, 9.17) is 9.52 Å². The number of carbonyl (C=O) groups excluding carboxylic acids is 1. The smallest absolute Gasteiger partial charge is 0.426 e. The number of aldehydes is 1. The SMILES string of the molecule is O=CCN(Nc1ccnc2occc12)C(=O)O. The van der Waals surface area contributed by atoms with Crippen LogP contribution in [0.25, 0.3) is 11.1 Å². The van der Waals surface area contributed by atoms with Crippen LogP contribution in [-0.4, -0.2) is 34.0 Å². The maximum atomic E-state index is 10.8. The largest absolute Gasteiger partial charge is 0.464 e. The molecule has 0 aliphatic rings. The molecule has 2 aromatic rings. The van der Waals surface area contributed by atoms with Gasteiger partial charge in [0.2, 0.25) is 5.71 Å². The number of fused-ring (bicyclic) bond motifs is 1. The van der Waals surface area contributed by atoms with Gasteiger partial charge in [0.05, 0.1) is 17.3 Å². The van der Waals surface area contributed by atoms with E-state index in [0.29, 0.717) is 23.1 Å². The van der Waals surface area contributed by atoms with Gasteiger partial charge in [-0.25, -0.2) is 14.8 Å². The topological polar surface area (TPSA) is 95.7 Å². The third-order valence-corrected chi connectivity index (χ3v) is 2.11. The van der Waals surface area contributed by atoms with Gasteiger partial charge in [0.1, 0.15) is 12.8 Å². The Morgan fingerprint density at radius 1 is 1.59 bits per heavy atom. The van der Waals surface area contributed by atoms with Crippen LogP contribution in [0.4, 0.5) is 10.5 Å². The Morgan fingerprint density at radius 3 is 3.12 bits per heavy atom. The molecule has 0 unspecified atom stereocenters. The van der Waals surface area contributed by atoms with Crippen molar-refractivity contribution in [3.8, 4) is 0 Å². The highest BCUT2D eigenvalue weighted by Gasteiger charge is 2.13. The van der Waals surface area contributed by atoms with Crippen LogP contribution in [-0.2, 0) is 4.79 Å². The molecule has 2 aromatic heterocycles. The lowest BCUT2D eigenvalue weighted by molar-refractivity contribution is -0.108. The number of anilines is 1. The van der Waals surface area contributed by atoms with Crippen molar-refractivity contribution >= 4 is 29.2 Å². The summed E-state index contributed by atoms with van der Waals surface area (Å²) in [6.45, 7) is -0.267. The molecule has 0 aliphatic heterocycles. The summed E-state index contributed by atoms with van der Waals surface area (Å²) in [7, 11) is 0. The maximum absolute atomic E-state index is 10.8. The number of carboxylic acid groups (broad SMARTS) is 1. The Kier molecular flexibility index (Phi) is 2.91. The van der Waals surface area contributed by atoms with Gasteiger partial charge in [0.25, 0.3) is 0 Å². The van der Waals surface area contributed by atoms with Crippen molar-refractivity contribution in [2.24, 2.45) is 0 Å². The first kappa shape index (κ1) is 10.9. The van der Waals surface area contributed by atoms with E-state index >= 15 is 0 Å². The van der Waals surface area contributed by atoms with Gasteiger partial charge in [-0.15, -0.1) is 0 Å². The van der Waals surface area contributed by atoms with Gasteiger partial charge in [-0.05, 0) is 12.1 Å². The first-order valence-electron chi connectivity index (χ1n) is 4.75. The molecule has 17 heavy (non-hydrogen) atoms. The molecule has 1 amide bonds. The number of hydrogen-bond donors (Lipinski definition) is 2. The first-order chi connectivity index (χ1) is 8.22. The van der Waals surface area contributed by atoms with Crippen LogP contribution in [0.3, 0.4) is 0 Å². The van der Waals surface area contributed by atoms with Crippen LogP contribution in [0.5, 0.6) is 0 Å². The summed E-state index contributed by atoms with van der Waals surface area (Å²) in [6, 6.07) is 3.25. The molecule has 0 radical (unpaired) electrons. The molecule has 7 heteroatoms. The van der Waals surface area contributed by atoms with Crippen molar-refractivity contribution in [1.82, 2.24) is 9.99 Å². The number of carbonyl (C=O) groups is 2. The van der Waals surface area contributed by atoms with Gasteiger partial charge in [-0.1, -0.05) is 0 Å². The van der Waals surface area contributed by atoms with Gasteiger partial charge in [-0.2, -0.15) is 0 Å². The summed E-state index contributed by atoms with van der Waals surface area (Å²) in [5.74, 6) is 0. The van der Waals surface area contributed by atoms with Crippen LogP contribution in [0.2, 0.25) is 0 Å². The minimum atomic E-state index is -1.24. The predicted molar refractivity (Wildman–Crippen MR) is 58.4 cm³/mol. The standard InChI is InChI=1S/C10H9N3O4/c14-5-4-13(10(15)16)12-8-1-3-11-9-7(8)2-6-17-9/h1-3,5-6H,4H2,(H,11,12)(H,15,16). The van der Waals surface area contributed by atoms with Crippen LogP contribution < -0.4 is 5.43 Å². The molecule has 0 aromatic carbocycles. The monoisotopic (exact) mass is 235 g/mol. The molecule has 88 valence electrons. The van der Waals surface area contributed by atoms with E-state index in [9.17, 15) is 9.59 Å². The lowest BCUT2D eigenvalue weighted by Gasteiger charge is -2.18. The quantitative estimate of drug-likeness (QED) is 0.613. The zero-order chi connectivity index (χ0) is 12.3. The van der Waals surface area contributed by atoms with Crippen LogP contribution in [0, 0.1) is 0 Å². The summed E-state index contributed by atoms with van der Waals surface area (Å²) in [4.78, 5) is 25.1. The summed E-state index contributed by atoms with van der Waals surface area (Å²) in [6.07, 6.45) is 2.18. The number of nitrogens with one attached hydrogen (secondary N) is 1. The van der Waals surface area contributed by atoms with E-state index in [2.05, 4.69) is 10.4 Å². The third-order valence-electron chi connectivity index (χ3n) is 2.11. The third kappa shape index (κ3) is 2.17. The van der Waals surface area contributed by atoms with Gasteiger partial charge >= 0.3 is 6.09 Å². The second kappa shape index (κ2) is 4.52. The summed E-state index contributed by atoms with van der Waals surface area (Å²) < 4.78 is 5.07. The number of hydrogen-bond acceptors (Lipinski definition) is 5. The molecule has 0 aliphatic carbocycles. The predicted octanol–water partition coefficient (Wildman–Crippen LogP) is 1.33. The van der Waals surface area contributed by atoms with E-state index in [1.165, 1.54) is 12.5 Å². The fourth-order valence-corrected chi connectivity index (χ4v) is 1.36. The molecule has 0 bridgehead atoms. The second-order valence-electron chi connectivity index (χ2n) is 3.17. The van der Waals surface area contributed by atoms with E-state index < -0.39 is 6.09 Å². The highest BCUT2D eigenvalue weighted by Crippen LogP contribution is 2.22. The number of aromatic nitrogens is 1. The number of hydrazine groups is 1. The van der Waals surface area contributed by atoms with Gasteiger partial charge in [0, 0.05) is 6.20 Å². The minimum absolute atomic E-state index is 0.267. The second-order valence-corrected chi connectivity index (χ2v) is 3.17. The number of nitrogens with zero attached hydrogens (tertiary/aromatic N) is 2. The van der Waals surface area contributed by atoms with Crippen molar-refractivity contribution in [2.75, 3.05) is 12.0 Å². The highest BCUT2D eigenvalue weighted by molar-refractivity contribution is 5.88. The number of amides is 1. The lowest BCUT2D eigenvalue weighted by Crippen LogP contribution is -2.36. The Hall–Kier alpha value is -2.57. The van der Waals surface area contributed by atoms with Crippen LogP contribution in [0.15, 0.2) is 29.0 Å². The van der Waals surface area contributed by atoms with E-state index in [1.807, 2.05) is 0 Å². The van der Waals surface area contributed by atoms with Crippen molar-refractivity contribution in [3.05, 3.63) is 24.6 Å². The lowest BCUT2D eigenvalue weighted by atomic mass is 10.3. The van der Waals surface area contributed by atoms with Crippen molar-refractivity contribution in [2.45, 2.75) is 0 Å². The zero-order valence-corrected chi connectivity index (χ0v) is 8.66. The Morgan fingerprint density at radius 2 is 2.41 bits per heavy atom. The Bertz CT molecular complexity index is 551. The minimum Gasteiger partial charge on any atom is -0.464 e. The molecular weight excluding hydrogens is 226 g/mol. The molecule has 2 N–H and O–H groups in total. The van der Waals surface area contributed by atoms with E-state index in [0.717, 1.165) is 5.01 Å². The van der Waals surface area contributed by atoms with Crippen molar-refractivity contribution in [1.29, 1.82) is 0 Å². The van der Waals surface area contributed by atoms with E-state index in [-0.39, 0.29) is 6.54 Å². The number of pyridine rings is 1. The van der Waals surface area contributed by atoms with Crippen molar-refractivity contribution in [3.63, 3.8) is 0 Å². The Balaban J connectivity index is 2.30. The molecule has 0 fully saturated rings. The zero-order valence-electron chi connectivity index (χ0n) is 8.66. The normalized spacial score (nSPS) is 10.1. The molecule has 0 saturated carbocycles. The van der Waals surface area contributed by atoms with E-state index in [1.54, 1.807) is 12.1 Å². The fourth-order valence-electron chi connectivity index (χ4n) is 1.36. The van der Waals surface area contributed by atoms with Gasteiger partial charge < -0.3 is 14.3 Å². The van der Waals surface area contributed by atoms with Crippen molar-refractivity contribution < 1.29 is 19.1 Å². The first-order valence-corrected chi connectivity index (χ1v) is 4.75.